The van der Waals surface area contributed by atoms with Crippen LogP contribution in [0.25, 0.3) is 11.3 Å². The number of amides is 1. The summed E-state index contributed by atoms with van der Waals surface area (Å²) in [5, 5.41) is 3.16. The van der Waals surface area contributed by atoms with E-state index in [0.29, 0.717) is 23.6 Å². The molecule has 27 heavy (non-hydrogen) atoms. The minimum atomic E-state index is -0.126. The third-order valence-corrected chi connectivity index (χ3v) is 4.41. The van der Waals surface area contributed by atoms with Crippen molar-refractivity contribution in [2.75, 3.05) is 5.73 Å². The van der Waals surface area contributed by atoms with Crippen molar-refractivity contribution in [3.8, 4) is 11.3 Å². The highest BCUT2D eigenvalue weighted by Crippen LogP contribution is 2.23. The van der Waals surface area contributed by atoms with Crippen LogP contribution in [-0.4, -0.2) is 31.5 Å². The van der Waals surface area contributed by atoms with Gasteiger partial charge in [0, 0.05) is 36.1 Å². The summed E-state index contributed by atoms with van der Waals surface area (Å²) >= 11 is 0. The number of hydrogen-bond acceptors (Lipinski definition) is 5. The van der Waals surface area contributed by atoms with Gasteiger partial charge < -0.3 is 15.6 Å². The minimum absolute atomic E-state index is 0.0578. The second-order valence-corrected chi connectivity index (χ2v) is 7.56. The molecule has 0 spiro atoms. The molecule has 3 N–H and O–H groups in total. The van der Waals surface area contributed by atoms with Crippen LogP contribution < -0.4 is 11.1 Å². The number of hydrogen-bond donors (Lipinski definition) is 2. The lowest BCUT2D eigenvalue weighted by Gasteiger charge is -2.31. The van der Waals surface area contributed by atoms with Crippen LogP contribution in [-0.2, 0) is 6.54 Å². The summed E-state index contributed by atoms with van der Waals surface area (Å²) in [6.07, 6.45) is 6.80. The zero-order valence-electron chi connectivity index (χ0n) is 15.8. The number of carbonyl (C=O) groups excluding carboxylic acids is 1. The Morgan fingerprint density at radius 2 is 2.07 bits per heavy atom. The summed E-state index contributed by atoms with van der Waals surface area (Å²) in [7, 11) is 0. The molecule has 1 aromatic carbocycles. The quantitative estimate of drug-likeness (QED) is 0.725. The van der Waals surface area contributed by atoms with E-state index in [-0.39, 0.29) is 17.4 Å². The molecule has 0 saturated carbocycles. The summed E-state index contributed by atoms with van der Waals surface area (Å²) in [6.45, 7) is 6.97. The van der Waals surface area contributed by atoms with Crippen molar-refractivity contribution in [3.05, 3.63) is 60.9 Å². The van der Waals surface area contributed by atoms with Gasteiger partial charge in [-0.2, -0.15) is 0 Å². The number of nitrogens with one attached hydrogen (secondary N) is 1. The highest BCUT2D eigenvalue weighted by Gasteiger charge is 2.27. The number of rotatable bonds is 5. The van der Waals surface area contributed by atoms with Gasteiger partial charge in [-0.15, -0.1) is 0 Å². The van der Waals surface area contributed by atoms with Gasteiger partial charge in [0.15, 0.2) is 0 Å². The Morgan fingerprint density at radius 3 is 2.74 bits per heavy atom. The smallest absolute Gasteiger partial charge is 0.251 e. The van der Waals surface area contributed by atoms with Gasteiger partial charge in [-0.1, -0.05) is 32.9 Å². The minimum Gasteiger partial charge on any atom is -0.384 e. The molecule has 3 rings (SSSR count). The largest absolute Gasteiger partial charge is 0.384 e. The first-order chi connectivity index (χ1) is 12.8. The molecule has 0 radical (unpaired) electrons. The van der Waals surface area contributed by atoms with E-state index in [1.807, 2.05) is 29.0 Å². The molecule has 0 aliphatic heterocycles. The summed E-state index contributed by atoms with van der Waals surface area (Å²) in [5.41, 5.74) is 7.70. The molecule has 2 aromatic heterocycles. The predicted octanol–water partition coefficient (Wildman–Crippen LogP) is 2.77. The van der Waals surface area contributed by atoms with Crippen molar-refractivity contribution in [1.29, 1.82) is 0 Å². The molecule has 1 amide bonds. The van der Waals surface area contributed by atoms with E-state index in [1.165, 1.54) is 6.33 Å². The maximum Gasteiger partial charge on any atom is 0.251 e. The van der Waals surface area contributed by atoms with Gasteiger partial charge in [-0.05, 0) is 17.5 Å². The van der Waals surface area contributed by atoms with Gasteiger partial charge in [-0.3, -0.25) is 4.79 Å². The van der Waals surface area contributed by atoms with Crippen LogP contribution in [0.1, 0.15) is 31.1 Å². The van der Waals surface area contributed by atoms with Crippen LogP contribution >= 0.6 is 0 Å². The Labute approximate surface area is 158 Å². The van der Waals surface area contributed by atoms with Crippen molar-refractivity contribution < 1.29 is 4.79 Å². The van der Waals surface area contributed by atoms with Crippen LogP contribution in [0.15, 0.2) is 55.4 Å². The zero-order chi connectivity index (χ0) is 19.4. The molecule has 0 saturated heterocycles. The molecule has 7 heteroatoms. The summed E-state index contributed by atoms with van der Waals surface area (Å²) in [6, 6.07) is 8.97. The highest BCUT2D eigenvalue weighted by molar-refractivity contribution is 5.95. The molecule has 3 aromatic rings. The number of nitrogens with zero attached hydrogens (tertiary/aromatic N) is 4. The van der Waals surface area contributed by atoms with Crippen LogP contribution in [0.3, 0.4) is 0 Å². The SMILES string of the molecule is CC(C)(C)[C@@H](Cn1ccnc1)NC(=O)c1cccc(-c2cc(N)ncn2)c1. The van der Waals surface area contributed by atoms with Crippen molar-refractivity contribution in [1.82, 2.24) is 24.8 Å². The Hall–Kier alpha value is -3.22. The lowest BCUT2D eigenvalue weighted by molar-refractivity contribution is 0.0892. The van der Waals surface area contributed by atoms with Gasteiger partial charge in [0.25, 0.3) is 5.91 Å². The van der Waals surface area contributed by atoms with Gasteiger partial charge >= 0.3 is 0 Å². The normalized spacial score (nSPS) is 12.6. The lowest BCUT2D eigenvalue weighted by Crippen LogP contribution is -2.46. The maximum atomic E-state index is 12.9. The average Bonchev–Trinajstić information content (AvgIpc) is 3.13. The van der Waals surface area contributed by atoms with Crippen molar-refractivity contribution in [2.24, 2.45) is 5.41 Å². The van der Waals surface area contributed by atoms with Gasteiger partial charge in [0.2, 0.25) is 0 Å². The highest BCUT2D eigenvalue weighted by atomic mass is 16.1. The predicted molar refractivity (Wildman–Crippen MR) is 105 cm³/mol. The Morgan fingerprint density at radius 1 is 1.26 bits per heavy atom. The number of aromatic nitrogens is 4. The van der Waals surface area contributed by atoms with Gasteiger partial charge in [-0.25, -0.2) is 15.0 Å². The first-order valence-corrected chi connectivity index (χ1v) is 8.77. The summed E-state index contributed by atoms with van der Waals surface area (Å²) in [5.74, 6) is 0.266. The zero-order valence-corrected chi connectivity index (χ0v) is 15.8. The van der Waals surface area contributed by atoms with E-state index in [2.05, 4.69) is 41.0 Å². The molecule has 140 valence electrons. The maximum absolute atomic E-state index is 12.9. The molecule has 1 atom stereocenters. The van der Waals surface area contributed by atoms with E-state index < -0.39 is 0 Å². The number of nitrogen functional groups attached to an aromatic ring is 1. The molecule has 0 unspecified atom stereocenters. The number of carbonyl (C=O) groups is 1. The Kier molecular flexibility index (Phi) is 5.21. The van der Waals surface area contributed by atoms with E-state index in [1.54, 1.807) is 24.7 Å². The lowest BCUT2D eigenvalue weighted by atomic mass is 9.86. The van der Waals surface area contributed by atoms with Gasteiger partial charge in [0.1, 0.15) is 12.1 Å². The van der Waals surface area contributed by atoms with E-state index in [9.17, 15) is 4.79 Å². The van der Waals surface area contributed by atoms with E-state index in [4.69, 9.17) is 5.73 Å². The monoisotopic (exact) mass is 364 g/mol. The van der Waals surface area contributed by atoms with Crippen LogP contribution in [0.5, 0.6) is 0 Å². The van der Waals surface area contributed by atoms with Crippen LogP contribution in [0, 0.1) is 5.41 Å². The van der Waals surface area contributed by atoms with E-state index >= 15 is 0 Å². The molecular formula is C20H24N6O. The fourth-order valence-corrected chi connectivity index (χ4v) is 2.73. The average molecular weight is 364 g/mol. The topological polar surface area (TPSA) is 98.7 Å². The standard InChI is InChI=1S/C20H24N6O/c1-20(2,3)17(11-26-8-7-22-13-26)25-19(27)15-6-4-5-14(9-15)16-10-18(21)24-12-23-16/h4-10,12-13,17H,11H2,1-3H3,(H,25,27)(H2,21,23,24)/t17-/m1/s1. The second-order valence-electron chi connectivity index (χ2n) is 7.56. The van der Waals surface area contributed by atoms with Crippen molar-refractivity contribution in [3.63, 3.8) is 0 Å². The van der Waals surface area contributed by atoms with Crippen LogP contribution in [0.2, 0.25) is 0 Å². The van der Waals surface area contributed by atoms with Crippen molar-refractivity contribution >= 4 is 11.7 Å². The fraction of sp³-hybridized carbons (Fsp3) is 0.300. The molecule has 0 aliphatic carbocycles. The summed E-state index contributed by atoms with van der Waals surface area (Å²) in [4.78, 5) is 25.1. The third kappa shape index (κ3) is 4.69. The number of anilines is 1. The number of benzene rings is 1. The third-order valence-electron chi connectivity index (χ3n) is 4.41. The first kappa shape index (κ1) is 18.6. The Balaban J connectivity index is 1.81. The number of nitrogens with two attached hydrogens (primary N) is 1. The molecule has 0 fully saturated rings. The van der Waals surface area contributed by atoms with E-state index in [0.717, 1.165) is 5.56 Å². The number of imidazole rings is 1. The molecule has 7 nitrogen and oxygen atoms in total. The summed E-state index contributed by atoms with van der Waals surface area (Å²) < 4.78 is 1.97. The molecular weight excluding hydrogens is 340 g/mol. The Bertz CT molecular complexity index is 914. The fourth-order valence-electron chi connectivity index (χ4n) is 2.73. The molecule has 0 bridgehead atoms. The van der Waals surface area contributed by atoms with Crippen LogP contribution in [0.4, 0.5) is 5.82 Å². The van der Waals surface area contributed by atoms with Crippen molar-refractivity contribution in [2.45, 2.75) is 33.4 Å². The van der Waals surface area contributed by atoms with Gasteiger partial charge in [0.05, 0.1) is 18.1 Å². The molecule has 0 aliphatic rings. The first-order valence-electron chi connectivity index (χ1n) is 8.77. The second kappa shape index (κ2) is 7.57. The molecule has 2 heterocycles.